The van der Waals surface area contributed by atoms with Crippen LogP contribution in [0, 0.1) is 19.7 Å². The maximum atomic E-state index is 13.0. The Labute approximate surface area is 155 Å². The number of amides is 1. The Morgan fingerprint density at radius 3 is 2.54 bits per heavy atom. The van der Waals surface area contributed by atoms with E-state index in [1.165, 1.54) is 35.6 Å². The van der Waals surface area contributed by atoms with Crippen molar-refractivity contribution in [3.8, 4) is 0 Å². The lowest BCUT2D eigenvalue weighted by Crippen LogP contribution is -2.13. The number of fused-ring (bicyclic) bond motifs is 1. The molecule has 7 heteroatoms. The number of rotatable bonds is 4. The van der Waals surface area contributed by atoms with Gasteiger partial charge in [0.25, 0.3) is 5.91 Å². The van der Waals surface area contributed by atoms with Crippen LogP contribution in [0.25, 0.3) is 10.2 Å². The van der Waals surface area contributed by atoms with Crippen molar-refractivity contribution >= 4 is 44.0 Å². The maximum Gasteiger partial charge on any atom is 0.255 e. The van der Waals surface area contributed by atoms with Crippen LogP contribution in [0.5, 0.6) is 0 Å². The summed E-state index contributed by atoms with van der Waals surface area (Å²) in [6, 6.07) is 7.42. The molecule has 0 spiro atoms. The molecule has 0 bridgehead atoms. The van der Waals surface area contributed by atoms with E-state index >= 15 is 0 Å². The second-order valence-corrected chi connectivity index (χ2v) is 7.19. The van der Waals surface area contributed by atoms with Gasteiger partial charge < -0.3 is 5.32 Å². The largest absolute Gasteiger partial charge is 0.321 e. The van der Waals surface area contributed by atoms with E-state index < -0.39 is 0 Å². The Balaban J connectivity index is 1.94. The van der Waals surface area contributed by atoms with Crippen molar-refractivity contribution in [2.24, 2.45) is 5.10 Å². The number of aromatic nitrogens is 1. The summed E-state index contributed by atoms with van der Waals surface area (Å²) in [6.45, 7) is 7.68. The first kappa shape index (κ1) is 18.0. The van der Waals surface area contributed by atoms with Gasteiger partial charge in [0, 0.05) is 17.0 Å². The Morgan fingerprint density at radius 2 is 1.88 bits per heavy atom. The minimum atomic E-state index is -0.370. The molecule has 2 N–H and O–H groups in total. The average Bonchev–Trinajstić information content (AvgIpc) is 3.00. The van der Waals surface area contributed by atoms with Gasteiger partial charge in [-0.2, -0.15) is 5.10 Å². The van der Waals surface area contributed by atoms with Gasteiger partial charge in [0.1, 0.15) is 5.82 Å². The fourth-order valence-electron chi connectivity index (χ4n) is 2.57. The van der Waals surface area contributed by atoms with Gasteiger partial charge in [-0.3, -0.25) is 10.2 Å². The molecule has 5 nitrogen and oxygen atoms in total. The van der Waals surface area contributed by atoms with Gasteiger partial charge in [0.05, 0.1) is 10.2 Å². The Morgan fingerprint density at radius 1 is 1.19 bits per heavy atom. The molecular weight excluding hydrogens is 351 g/mol. The molecule has 1 heterocycles. The highest BCUT2D eigenvalue weighted by Crippen LogP contribution is 2.35. The number of hydrogen-bond donors (Lipinski definition) is 2. The van der Waals surface area contributed by atoms with Crippen LogP contribution in [0.4, 0.5) is 15.2 Å². The number of aryl methyl sites for hydroxylation is 2. The van der Waals surface area contributed by atoms with Crippen molar-refractivity contribution in [2.45, 2.75) is 27.7 Å². The molecule has 0 fully saturated rings. The molecule has 3 aromatic rings. The predicted molar refractivity (Wildman–Crippen MR) is 106 cm³/mol. The average molecular weight is 370 g/mol. The van der Waals surface area contributed by atoms with E-state index in [1.54, 1.807) is 0 Å². The first-order valence-corrected chi connectivity index (χ1v) is 8.91. The molecule has 0 atom stereocenters. The maximum absolute atomic E-state index is 13.0. The molecule has 0 aliphatic heterocycles. The van der Waals surface area contributed by atoms with Gasteiger partial charge in [-0.15, -0.1) is 0 Å². The molecule has 3 rings (SSSR count). The van der Waals surface area contributed by atoms with E-state index in [0.29, 0.717) is 10.7 Å². The minimum Gasteiger partial charge on any atom is -0.321 e. The summed E-state index contributed by atoms with van der Waals surface area (Å²) in [6.07, 6.45) is 0. The van der Waals surface area contributed by atoms with Crippen LogP contribution in [0.3, 0.4) is 0 Å². The van der Waals surface area contributed by atoms with E-state index in [4.69, 9.17) is 0 Å². The summed E-state index contributed by atoms with van der Waals surface area (Å²) >= 11 is 1.48. The van der Waals surface area contributed by atoms with Gasteiger partial charge in [-0.25, -0.2) is 9.37 Å². The highest BCUT2D eigenvalue weighted by atomic mass is 32.1. The first-order valence-electron chi connectivity index (χ1n) is 8.09. The fourth-order valence-corrected chi connectivity index (χ4v) is 3.46. The van der Waals surface area contributed by atoms with E-state index in [0.717, 1.165) is 32.7 Å². The van der Waals surface area contributed by atoms with Crippen molar-refractivity contribution in [1.82, 2.24) is 4.98 Å². The molecule has 0 aliphatic carbocycles. The third-order valence-electron chi connectivity index (χ3n) is 3.84. The lowest BCUT2D eigenvalue weighted by atomic mass is 10.1. The zero-order valence-electron chi connectivity index (χ0n) is 15.0. The molecule has 134 valence electrons. The van der Waals surface area contributed by atoms with Crippen molar-refractivity contribution in [3.05, 3.63) is 52.8 Å². The fraction of sp³-hybridized carbons (Fsp3) is 0.211. The lowest BCUT2D eigenvalue weighted by Gasteiger charge is -2.12. The Bertz CT molecular complexity index is 1000. The van der Waals surface area contributed by atoms with Gasteiger partial charge in [0.2, 0.25) is 5.13 Å². The summed E-state index contributed by atoms with van der Waals surface area (Å²) in [4.78, 5) is 17.0. The molecule has 1 amide bonds. The van der Waals surface area contributed by atoms with Gasteiger partial charge in [-0.05, 0) is 69.2 Å². The normalized spacial score (nSPS) is 10.7. The van der Waals surface area contributed by atoms with Gasteiger partial charge in [-0.1, -0.05) is 11.3 Å². The molecular formula is C19H19FN4OS. The summed E-state index contributed by atoms with van der Waals surface area (Å²) in [7, 11) is 0. The standard InChI is InChI=1S/C19H19FN4OS/c1-10(2)23-24-19-21-15-9-11(3)16(12(4)17(15)26-19)22-18(25)13-5-7-14(20)8-6-13/h5-9H,1-4H3,(H,21,24)(H,22,25). The zero-order valence-corrected chi connectivity index (χ0v) is 15.8. The molecule has 0 radical (unpaired) electrons. The SMILES string of the molecule is CC(C)=NNc1nc2cc(C)c(NC(=O)c3ccc(F)cc3)c(C)c2s1. The van der Waals surface area contributed by atoms with Crippen LogP contribution in [0.2, 0.25) is 0 Å². The number of carbonyl (C=O) groups is 1. The second-order valence-electron chi connectivity index (χ2n) is 6.19. The first-order chi connectivity index (χ1) is 12.3. The number of carbonyl (C=O) groups excluding carboxylic acids is 1. The second kappa shape index (κ2) is 7.21. The zero-order chi connectivity index (χ0) is 18.8. The van der Waals surface area contributed by atoms with Crippen LogP contribution in [0.1, 0.15) is 35.3 Å². The number of nitrogens with one attached hydrogen (secondary N) is 2. The summed E-state index contributed by atoms with van der Waals surface area (Å²) in [5, 5.41) is 7.81. The topological polar surface area (TPSA) is 66.4 Å². The summed E-state index contributed by atoms with van der Waals surface area (Å²) in [5.74, 6) is -0.644. The molecule has 1 aromatic heterocycles. The molecule has 0 saturated carbocycles. The minimum absolute atomic E-state index is 0.273. The number of hydrazone groups is 1. The predicted octanol–water partition coefficient (Wildman–Crippen LogP) is 5.11. The van der Waals surface area contributed by atoms with E-state index in [-0.39, 0.29) is 11.7 Å². The highest BCUT2D eigenvalue weighted by molar-refractivity contribution is 7.22. The number of hydrogen-bond acceptors (Lipinski definition) is 5. The van der Waals surface area contributed by atoms with Crippen LogP contribution in [0.15, 0.2) is 35.4 Å². The third-order valence-corrected chi connectivity index (χ3v) is 4.93. The molecule has 0 saturated heterocycles. The third kappa shape index (κ3) is 3.72. The van der Waals surface area contributed by atoms with Crippen LogP contribution in [-0.2, 0) is 0 Å². The summed E-state index contributed by atoms with van der Waals surface area (Å²) in [5.41, 5.74) is 7.72. The van der Waals surface area contributed by atoms with Gasteiger partial charge >= 0.3 is 0 Å². The van der Waals surface area contributed by atoms with Crippen molar-refractivity contribution in [3.63, 3.8) is 0 Å². The van der Waals surface area contributed by atoms with Crippen molar-refractivity contribution in [2.75, 3.05) is 10.7 Å². The van der Waals surface area contributed by atoms with E-state index in [2.05, 4.69) is 20.8 Å². The Hall–Kier alpha value is -2.80. The monoisotopic (exact) mass is 370 g/mol. The Kier molecular flexibility index (Phi) is 4.99. The van der Waals surface area contributed by atoms with Gasteiger partial charge in [0.15, 0.2) is 0 Å². The quantitative estimate of drug-likeness (QED) is 0.495. The van der Waals surface area contributed by atoms with E-state index in [1.807, 2.05) is 33.8 Å². The van der Waals surface area contributed by atoms with Crippen LogP contribution >= 0.6 is 11.3 Å². The highest BCUT2D eigenvalue weighted by Gasteiger charge is 2.15. The number of nitrogens with zero attached hydrogens (tertiary/aromatic N) is 2. The molecule has 26 heavy (non-hydrogen) atoms. The molecule has 0 unspecified atom stereocenters. The van der Waals surface area contributed by atoms with Crippen molar-refractivity contribution < 1.29 is 9.18 Å². The number of anilines is 2. The smallest absolute Gasteiger partial charge is 0.255 e. The lowest BCUT2D eigenvalue weighted by molar-refractivity contribution is 0.102. The molecule has 0 aliphatic rings. The number of benzene rings is 2. The molecule has 2 aromatic carbocycles. The summed E-state index contributed by atoms with van der Waals surface area (Å²) < 4.78 is 14.0. The van der Waals surface area contributed by atoms with Crippen LogP contribution < -0.4 is 10.7 Å². The van der Waals surface area contributed by atoms with Crippen LogP contribution in [-0.4, -0.2) is 16.6 Å². The van der Waals surface area contributed by atoms with Crippen molar-refractivity contribution in [1.29, 1.82) is 0 Å². The number of halogens is 1. The number of thiazole rings is 1. The van der Waals surface area contributed by atoms with E-state index in [9.17, 15) is 9.18 Å².